The molecule has 1 fully saturated rings. The maximum absolute atomic E-state index is 5.70. The Labute approximate surface area is 78.3 Å². The molecule has 4 nitrogen and oxygen atoms in total. The highest BCUT2D eigenvalue weighted by Gasteiger charge is 2.23. The summed E-state index contributed by atoms with van der Waals surface area (Å²) in [5.74, 6) is 0. The van der Waals surface area contributed by atoms with E-state index in [2.05, 4.69) is 10.00 Å². The topological polar surface area (TPSA) is 47.1 Å². The lowest BCUT2D eigenvalue weighted by atomic mass is 10.2. The zero-order valence-electron chi connectivity index (χ0n) is 7.98. The van der Waals surface area contributed by atoms with E-state index in [1.165, 1.54) is 18.5 Å². The van der Waals surface area contributed by atoms with E-state index in [-0.39, 0.29) is 0 Å². The zero-order chi connectivity index (χ0) is 9.26. The molecule has 0 unspecified atom stereocenters. The summed E-state index contributed by atoms with van der Waals surface area (Å²) >= 11 is 0. The minimum absolute atomic E-state index is 0.518. The molecule has 2 rings (SSSR count). The minimum atomic E-state index is 0.518. The average Bonchev–Trinajstić information content (AvgIpc) is 2.71. The number of hydrogen-bond donors (Lipinski definition) is 1. The van der Waals surface area contributed by atoms with Gasteiger partial charge in [-0.1, -0.05) is 0 Å². The molecule has 13 heavy (non-hydrogen) atoms. The normalized spacial score (nSPS) is 22.6. The Morgan fingerprint density at radius 3 is 3.15 bits per heavy atom. The van der Waals surface area contributed by atoms with Gasteiger partial charge in [-0.25, -0.2) is 0 Å². The van der Waals surface area contributed by atoms with Gasteiger partial charge in [0.15, 0.2) is 0 Å². The molecule has 1 aromatic heterocycles. The summed E-state index contributed by atoms with van der Waals surface area (Å²) in [6, 6.07) is 0.518. The van der Waals surface area contributed by atoms with Gasteiger partial charge in [0.25, 0.3) is 0 Å². The van der Waals surface area contributed by atoms with E-state index in [1.54, 1.807) is 0 Å². The number of aromatic nitrogens is 2. The first-order valence-corrected chi connectivity index (χ1v) is 4.76. The second-order valence-electron chi connectivity index (χ2n) is 3.60. The molecule has 0 spiro atoms. The molecule has 72 valence electrons. The fourth-order valence-electron chi connectivity index (χ4n) is 1.98. The van der Waals surface area contributed by atoms with Crippen molar-refractivity contribution in [3.8, 4) is 0 Å². The molecule has 1 saturated heterocycles. The molecular weight excluding hydrogens is 164 g/mol. The molecule has 0 amide bonds. The first-order chi connectivity index (χ1) is 6.31. The summed E-state index contributed by atoms with van der Waals surface area (Å²) in [7, 11) is 1.94. The summed E-state index contributed by atoms with van der Waals surface area (Å²) in [5.41, 5.74) is 6.90. The highest BCUT2D eigenvalue weighted by atomic mass is 15.3. The Balaban J connectivity index is 2.15. The second kappa shape index (κ2) is 3.38. The number of hydrogen-bond acceptors (Lipinski definition) is 3. The quantitative estimate of drug-likeness (QED) is 0.714. The predicted octanol–water partition coefficient (Wildman–Crippen LogP) is 0.348. The summed E-state index contributed by atoms with van der Waals surface area (Å²) in [6.07, 6.45) is 6.42. The van der Waals surface area contributed by atoms with Crippen molar-refractivity contribution in [3.05, 3.63) is 12.4 Å². The first-order valence-electron chi connectivity index (χ1n) is 4.76. The molecule has 4 heteroatoms. The average molecular weight is 180 g/mol. The van der Waals surface area contributed by atoms with Crippen LogP contribution in [0.3, 0.4) is 0 Å². The number of rotatable bonds is 2. The van der Waals surface area contributed by atoms with Crippen molar-refractivity contribution in [1.82, 2.24) is 9.78 Å². The zero-order valence-corrected chi connectivity index (χ0v) is 7.98. The van der Waals surface area contributed by atoms with Crippen LogP contribution in [0.5, 0.6) is 0 Å². The van der Waals surface area contributed by atoms with Crippen LogP contribution >= 0.6 is 0 Å². The number of nitrogens with zero attached hydrogens (tertiary/aromatic N) is 3. The van der Waals surface area contributed by atoms with Crippen molar-refractivity contribution in [1.29, 1.82) is 0 Å². The molecule has 0 aromatic carbocycles. The fraction of sp³-hybridized carbons (Fsp3) is 0.667. The van der Waals surface area contributed by atoms with Gasteiger partial charge >= 0.3 is 0 Å². The fourth-order valence-corrected chi connectivity index (χ4v) is 1.98. The Kier molecular flexibility index (Phi) is 2.22. The van der Waals surface area contributed by atoms with Gasteiger partial charge in [0.05, 0.1) is 11.9 Å². The van der Waals surface area contributed by atoms with Crippen LogP contribution in [-0.2, 0) is 7.05 Å². The Hall–Kier alpha value is -1.03. The highest BCUT2D eigenvalue weighted by Crippen LogP contribution is 2.23. The van der Waals surface area contributed by atoms with Gasteiger partial charge in [0, 0.05) is 32.4 Å². The van der Waals surface area contributed by atoms with Crippen molar-refractivity contribution in [2.24, 2.45) is 12.8 Å². The van der Waals surface area contributed by atoms with Gasteiger partial charge in [0.1, 0.15) is 0 Å². The van der Waals surface area contributed by atoms with Gasteiger partial charge in [0.2, 0.25) is 0 Å². The minimum Gasteiger partial charge on any atom is -0.365 e. The van der Waals surface area contributed by atoms with Crippen LogP contribution in [0.1, 0.15) is 12.8 Å². The molecule has 1 aliphatic rings. The predicted molar refractivity (Wildman–Crippen MR) is 52.6 cm³/mol. The van der Waals surface area contributed by atoms with E-state index in [4.69, 9.17) is 5.73 Å². The van der Waals surface area contributed by atoms with Gasteiger partial charge < -0.3 is 10.6 Å². The van der Waals surface area contributed by atoms with E-state index in [9.17, 15) is 0 Å². The highest BCUT2D eigenvalue weighted by molar-refractivity contribution is 5.44. The summed E-state index contributed by atoms with van der Waals surface area (Å²) in [5, 5.41) is 4.16. The third-order valence-electron chi connectivity index (χ3n) is 2.67. The Morgan fingerprint density at radius 1 is 1.69 bits per heavy atom. The second-order valence-corrected chi connectivity index (χ2v) is 3.60. The maximum atomic E-state index is 5.70. The van der Waals surface area contributed by atoms with E-state index in [0.717, 1.165) is 13.1 Å². The number of anilines is 1. The lowest BCUT2D eigenvalue weighted by molar-refractivity contribution is 0.676. The van der Waals surface area contributed by atoms with Crippen LogP contribution in [0.15, 0.2) is 12.4 Å². The monoisotopic (exact) mass is 180 g/mol. The van der Waals surface area contributed by atoms with Crippen molar-refractivity contribution >= 4 is 5.69 Å². The van der Waals surface area contributed by atoms with Crippen LogP contribution in [-0.4, -0.2) is 28.9 Å². The molecule has 0 radical (unpaired) electrons. The lowest BCUT2D eigenvalue weighted by Gasteiger charge is -2.23. The molecule has 0 saturated carbocycles. The molecular formula is C9H16N4. The summed E-state index contributed by atoms with van der Waals surface area (Å²) in [4.78, 5) is 2.35. The van der Waals surface area contributed by atoms with E-state index in [0.29, 0.717) is 6.04 Å². The Bertz CT molecular complexity index is 281. The molecule has 2 heterocycles. The SMILES string of the molecule is Cn1cc(N2CCC[C@H]2CN)cn1. The molecule has 2 N–H and O–H groups in total. The molecule has 1 atom stereocenters. The van der Waals surface area contributed by atoms with Crippen molar-refractivity contribution in [3.63, 3.8) is 0 Å². The third kappa shape index (κ3) is 1.54. The van der Waals surface area contributed by atoms with Crippen LogP contribution in [0.2, 0.25) is 0 Å². The standard InChI is InChI=1S/C9H16N4/c1-12-7-9(6-11-12)13-4-2-3-8(13)5-10/h6-8H,2-5,10H2,1H3/t8-/m0/s1. The third-order valence-corrected chi connectivity index (χ3v) is 2.67. The lowest BCUT2D eigenvalue weighted by Crippen LogP contribution is -2.35. The van der Waals surface area contributed by atoms with Crippen LogP contribution in [0.4, 0.5) is 5.69 Å². The van der Waals surface area contributed by atoms with Gasteiger partial charge in [-0.05, 0) is 12.8 Å². The number of aryl methyl sites for hydroxylation is 1. The summed E-state index contributed by atoms with van der Waals surface area (Å²) in [6.45, 7) is 1.86. The van der Waals surface area contributed by atoms with Crippen LogP contribution in [0, 0.1) is 0 Å². The maximum Gasteiger partial charge on any atom is 0.0755 e. The van der Waals surface area contributed by atoms with Gasteiger partial charge in [-0.15, -0.1) is 0 Å². The Morgan fingerprint density at radius 2 is 2.54 bits per heavy atom. The molecule has 1 aromatic rings. The smallest absolute Gasteiger partial charge is 0.0755 e. The largest absolute Gasteiger partial charge is 0.365 e. The van der Waals surface area contributed by atoms with Crippen molar-refractivity contribution in [2.75, 3.05) is 18.0 Å². The number of nitrogens with two attached hydrogens (primary N) is 1. The van der Waals surface area contributed by atoms with Gasteiger partial charge in [-0.3, -0.25) is 4.68 Å². The summed E-state index contributed by atoms with van der Waals surface area (Å²) < 4.78 is 1.83. The van der Waals surface area contributed by atoms with Gasteiger partial charge in [-0.2, -0.15) is 5.10 Å². The van der Waals surface area contributed by atoms with E-state index >= 15 is 0 Å². The van der Waals surface area contributed by atoms with Crippen molar-refractivity contribution < 1.29 is 0 Å². The van der Waals surface area contributed by atoms with Crippen molar-refractivity contribution in [2.45, 2.75) is 18.9 Å². The van der Waals surface area contributed by atoms with E-state index < -0.39 is 0 Å². The van der Waals surface area contributed by atoms with Crippen LogP contribution in [0.25, 0.3) is 0 Å². The molecule has 0 aliphatic carbocycles. The molecule has 0 bridgehead atoms. The van der Waals surface area contributed by atoms with E-state index in [1.807, 2.05) is 24.1 Å². The molecule has 1 aliphatic heterocycles. The van der Waals surface area contributed by atoms with Crippen LogP contribution < -0.4 is 10.6 Å². The first kappa shape index (κ1) is 8.56.